The predicted molar refractivity (Wildman–Crippen MR) is 122 cm³/mol. The molecule has 2 heterocycles. The average molecular weight is 434 g/mol. The maximum Gasteiger partial charge on any atom is 0.253 e. The highest BCUT2D eigenvalue weighted by Gasteiger charge is 2.25. The quantitative estimate of drug-likeness (QED) is 0.407. The van der Waals surface area contributed by atoms with Crippen LogP contribution in [0, 0.1) is 18.3 Å². The number of carbonyl (C=O) groups is 1. The first-order valence-corrected chi connectivity index (χ1v) is 10.1. The van der Waals surface area contributed by atoms with Crippen molar-refractivity contribution in [3.8, 4) is 17.2 Å². The van der Waals surface area contributed by atoms with Gasteiger partial charge in [0.15, 0.2) is 0 Å². The van der Waals surface area contributed by atoms with Gasteiger partial charge in [0.05, 0.1) is 10.2 Å². The van der Waals surface area contributed by atoms with Gasteiger partial charge in [-0.25, -0.2) is 4.98 Å². The topological polar surface area (TPSA) is 118 Å². The lowest BCUT2D eigenvalue weighted by molar-refractivity contribution is 0.100. The van der Waals surface area contributed by atoms with Crippen LogP contribution in [0.3, 0.4) is 0 Å². The van der Waals surface area contributed by atoms with Gasteiger partial charge in [-0.3, -0.25) is 4.79 Å². The van der Waals surface area contributed by atoms with Gasteiger partial charge in [0.2, 0.25) is 0 Å². The fraction of sp³-hybridized carbons (Fsp3) is 0.0455. The van der Waals surface area contributed by atoms with Crippen LogP contribution in [0.4, 0.5) is 16.5 Å². The molecule has 0 aliphatic heterocycles. The van der Waals surface area contributed by atoms with Crippen molar-refractivity contribution in [2.24, 2.45) is 5.73 Å². The third-order valence-electron chi connectivity index (χ3n) is 4.65. The summed E-state index contributed by atoms with van der Waals surface area (Å²) in [7, 11) is 0. The number of rotatable bonds is 4. The monoisotopic (exact) mass is 433 g/mol. The molecule has 5 N–H and O–H groups in total. The molecule has 2 aromatic heterocycles. The van der Waals surface area contributed by atoms with Crippen LogP contribution in [0.25, 0.3) is 21.3 Å². The standard InChI is InChI=1S/C22H16ClN5OS/c1-11-2-8-14(9-3-11)27-22-17(21(26)29)18-19(30-22)16(15(10-24)20(25)28-18)12-4-6-13(23)7-5-12/h2-9,27H,1H3,(H2,25,28)(H2,26,29). The second-order valence-electron chi connectivity index (χ2n) is 6.70. The van der Waals surface area contributed by atoms with Crippen molar-refractivity contribution in [2.75, 3.05) is 11.1 Å². The smallest absolute Gasteiger partial charge is 0.253 e. The summed E-state index contributed by atoms with van der Waals surface area (Å²) in [6.45, 7) is 1.99. The average Bonchev–Trinajstić information content (AvgIpc) is 3.07. The number of benzene rings is 2. The highest BCUT2D eigenvalue weighted by molar-refractivity contribution is 7.24. The Kier molecular flexibility index (Phi) is 5.04. The van der Waals surface area contributed by atoms with E-state index in [1.54, 1.807) is 24.3 Å². The molecule has 8 heteroatoms. The Labute approximate surface area is 181 Å². The van der Waals surface area contributed by atoms with Crippen LogP contribution in [0.5, 0.6) is 0 Å². The summed E-state index contributed by atoms with van der Waals surface area (Å²) >= 11 is 7.32. The minimum Gasteiger partial charge on any atom is -0.383 e. The number of nitrogens with two attached hydrogens (primary N) is 2. The van der Waals surface area contributed by atoms with E-state index in [-0.39, 0.29) is 16.9 Å². The Morgan fingerprint density at radius 1 is 1.17 bits per heavy atom. The number of hydrogen-bond donors (Lipinski definition) is 3. The number of hydrogen-bond acceptors (Lipinski definition) is 6. The van der Waals surface area contributed by atoms with Crippen molar-refractivity contribution in [3.63, 3.8) is 0 Å². The Hall–Kier alpha value is -3.60. The lowest BCUT2D eigenvalue weighted by Gasteiger charge is -2.08. The molecule has 2 aromatic carbocycles. The first-order valence-electron chi connectivity index (χ1n) is 8.94. The van der Waals surface area contributed by atoms with Gasteiger partial charge in [0.25, 0.3) is 5.91 Å². The Morgan fingerprint density at radius 3 is 2.43 bits per heavy atom. The first-order chi connectivity index (χ1) is 14.4. The zero-order valence-corrected chi connectivity index (χ0v) is 17.4. The number of nitrogen functional groups attached to an aromatic ring is 1. The van der Waals surface area contributed by atoms with Gasteiger partial charge < -0.3 is 16.8 Å². The molecule has 0 fully saturated rings. The maximum atomic E-state index is 12.3. The van der Waals surface area contributed by atoms with E-state index < -0.39 is 5.91 Å². The molecule has 6 nitrogen and oxygen atoms in total. The molecule has 4 rings (SSSR count). The molecule has 0 unspecified atom stereocenters. The van der Waals surface area contributed by atoms with Crippen LogP contribution in [0.2, 0.25) is 5.02 Å². The summed E-state index contributed by atoms with van der Waals surface area (Å²) < 4.78 is 0.645. The van der Waals surface area contributed by atoms with E-state index in [0.717, 1.165) is 16.8 Å². The van der Waals surface area contributed by atoms with Gasteiger partial charge in [-0.15, -0.1) is 11.3 Å². The number of nitrogens with one attached hydrogen (secondary N) is 1. The summed E-state index contributed by atoms with van der Waals surface area (Å²) in [5.41, 5.74) is 15.9. The van der Waals surface area contributed by atoms with Gasteiger partial charge in [-0.05, 0) is 36.8 Å². The molecule has 0 spiro atoms. The Balaban J connectivity index is 2.01. The van der Waals surface area contributed by atoms with E-state index in [0.29, 0.717) is 25.8 Å². The van der Waals surface area contributed by atoms with E-state index in [4.69, 9.17) is 23.1 Å². The number of amides is 1. The molecule has 0 saturated heterocycles. The van der Waals surface area contributed by atoms with Crippen LogP contribution in [-0.2, 0) is 0 Å². The van der Waals surface area contributed by atoms with Gasteiger partial charge in [0, 0.05) is 16.3 Å². The second-order valence-corrected chi connectivity index (χ2v) is 8.16. The molecule has 148 valence electrons. The van der Waals surface area contributed by atoms with Crippen LogP contribution in [0.1, 0.15) is 21.5 Å². The van der Waals surface area contributed by atoms with Crippen molar-refractivity contribution in [3.05, 3.63) is 70.2 Å². The van der Waals surface area contributed by atoms with Crippen molar-refractivity contribution in [2.45, 2.75) is 6.92 Å². The van der Waals surface area contributed by atoms with Crippen molar-refractivity contribution in [1.29, 1.82) is 5.26 Å². The molecular formula is C22H16ClN5OS. The number of aromatic nitrogens is 1. The number of pyridine rings is 1. The number of primary amides is 1. The summed E-state index contributed by atoms with van der Waals surface area (Å²) in [5.74, 6) is -0.591. The van der Waals surface area contributed by atoms with Gasteiger partial charge in [-0.1, -0.05) is 41.4 Å². The third kappa shape index (κ3) is 3.43. The van der Waals surface area contributed by atoms with E-state index in [2.05, 4.69) is 16.4 Å². The molecule has 1 amide bonds. The highest BCUT2D eigenvalue weighted by atomic mass is 35.5. The van der Waals surface area contributed by atoms with Gasteiger partial charge in [0.1, 0.15) is 28.0 Å². The number of nitrogens with zero attached hydrogens (tertiary/aromatic N) is 2. The molecule has 0 atom stereocenters. The summed E-state index contributed by atoms with van der Waals surface area (Å²) in [4.78, 5) is 16.7. The number of carbonyl (C=O) groups excluding carboxylic acids is 1. The second kappa shape index (κ2) is 7.67. The van der Waals surface area contributed by atoms with E-state index in [1.807, 2.05) is 31.2 Å². The lowest BCUT2D eigenvalue weighted by atomic mass is 10.00. The normalized spacial score (nSPS) is 10.7. The molecule has 0 aliphatic carbocycles. The number of fused-ring (bicyclic) bond motifs is 1. The molecule has 0 radical (unpaired) electrons. The van der Waals surface area contributed by atoms with Gasteiger partial charge in [-0.2, -0.15) is 5.26 Å². The molecule has 0 bridgehead atoms. The van der Waals surface area contributed by atoms with Crippen LogP contribution in [0.15, 0.2) is 48.5 Å². The SMILES string of the molecule is Cc1ccc(Nc2sc3c(-c4ccc(Cl)cc4)c(C#N)c(N)nc3c2C(N)=O)cc1. The first kappa shape index (κ1) is 19.7. The number of aryl methyl sites for hydroxylation is 1. The summed E-state index contributed by atoms with van der Waals surface area (Å²) in [5, 5.41) is 14.1. The predicted octanol–water partition coefficient (Wildman–Crippen LogP) is 5.22. The minimum absolute atomic E-state index is 0.0390. The number of thiophene rings is 1. The fourth-order valence-electron chi connectivity index (χ4n) is 3.21. The van der Waals surface area contributed by atoms with Crippen LogP contribution in [-0.4, -0.2) is 10.9 Å². The number of nitriles is 1. The van der Waals surface area contributed by atoms with Crippen LogP contribution >= 0.6 is 22.9 Å². The highest BCUT2D eigenvalue weighted by Crippen LogP contribution is 2.44. The maximum absolute atomic E-state index is 12.3. The Morgan fingerprint density at radius 2 is 1.83 bits per heavy atom. The summed E-state index contributed by atoms with van der Waals surface area (Å²) in [6, 6.07) is 16.9. The van der Waals surface area contributed by atoms with E-state index in [9.17, 15) is 10.1 Å². The Bertz CT molecular complexity index is 1320. The van der Waals surface area contributed by atoms with Gasteiger partial charge >= 0.3 is 0 Å². The van der Waals surface area contributed by atoms with E-state index in [1.165, 1.54) is 11.3 Å². The van der Waals surface area contributed by atoms with Crippen LogP contribution < -0.4 is 16.8 Å². The molecule has 30 heavy (non-hydrogen) atoms. The van der Waals surface area contributed by atoms with Crippen molar-refractivity contribution in [1.82, 2.24) is 4.98 Å². The van der Waals surface area contributed by atoms with Crippen molar-refractivity contribution < 1.29 is 4.79 Å². The fourth-order valence-corrected chi connectivity index (χ4v) is 4.57. The zero-order valence-electron chi connectivity index (χ0n) is 15.9. The lowest BCUT2D eigenvalue weighted by Crippen LogP contribution is -2.13. The third-order valence-corrected chi connectivity index (χ3v) is 6.01. The molecule has 0 aliphatic rings. The molecular weight excluding hydrogens is 418 g/mol. The van der Waals surface area contributed by atoms with E-state index >= 15 is 0 Å². The molecule has 4 aromatic rings. The zero-order chi connectivity index (χ0) is 21.4. The summed E-state index contributed by atoms with van der Waals surface area (Å²) in [6.07, 6.45) is 0. The number of halogens is 1. The largest absolute Gasteiger partial charge is 0.383 e. The molecule has 0 saturated carbocycles. The minimum atomic E-state index is -0.630. The number of anilines is 3. The van der Waals surface area contributed by atoms with Crippen molar-refractivity contribution >= 4 is 55.6 Å².